The second-order valence-electron chi connectivity index (χ2n) is 7.03. The Balaban J connectivity index is 2.00. The molecule has 1 aromatic carbocycles. The average molecular weight is 404 g/mol. The second kappa shape index (κ2) is 8.15. The molecule has 2 N–H and O–H groups in total. The summed E-state index contributed by atoms with van der Waals surface area (Å²) in [5.41, 5.74) is -1.80. The number of rotatable bonds is 5. The van der Waals surface area contributed by atoms with Crippen LogP contribution in [0.4, 0.5) is 29.3 Å². The third kappa shape index (κ3) is 5.20. The lowest BCUT2D eigenvalue weighted by molar-refractivity contribution is -0.242. The van der Waals surface area contributed by atoms with Gasteiger partial charge in [-0.3, -0.25) is 10.1 Å². The summed E-state index contributed by atoms with van der Waals surface area (Å²) in [6.45, 7) is 3.82. The molecule has 0 saturated carbocycles. The van der Waals surface area contributed by atoms with Crippen LogP contribution in [0.5, 0.6) is 5.75 Å². The van der Waals surface area contributed by atoms with Gasteiger partial charge in [0.15, 0.2) is 0 Å². The van der Waals surface area contributed by atoms with E-state index in [2.05, 4.69) is 20.1 Å². The summed E-state index contributed by atoms with van der Waals surface area (Å²) in [6.07, 6.45) is -5.96. The number of anilines is 2. The first-order valence-corrected chi connectivity index (χ1v) is 8.61. The number of methoxy groups -OCH3 is 1. The first-order valence-electron chi connectivity index (χ1n) is 8.61. The van der Waals surface area contributed by atoms with E-state index in [-0.39, 0.29) is 30.1 Å². The highest BCUT2D eigenvalue weighted by Gasteiger charge is 2.51. The molecule has 1 aliphatic rings. The van der Waals surface area contributed by atoms with Gasteiger partial charge in [0.2, 0.25) is 5.60 Å². The van der Waals surface area contributed by atoms with Gasteiger partial charge in [0.1, 0.15) is 11.9 Å². The number of esters is 1. The molecule has 2 rings (SSSR count). The van der Waals surface area contributed by atoms with Crippen LogP contribution >= 0.6 is 0 Å². The highest BCUT2D eigenvalue weighted by atomic mass is 19.4. The summed E-state index contributed by atoms with van der Waals surface area (Å²) >= 11 is 0. The van der Waals surface area contributed by atoms with Crippen molar-refractivity contribution in [1.29, 1.82) is 0 Å². The largest absolute Gasteiger partial charge is 0.486 e. The van der Waals surface area contributed by atoms with Crippen molar-refractivity contribution in [2.75, 3.05) is 24.3 Å². The van der Waals surface area contributed by atoms with Gasteiger partial charge in [0.05, 0.1) is 25.8 Å². The van der Waals surface area contributed by atoms with Gasteiger partial charge in [-0.1, -0.05) is 6.92 Å². The molecular formula is C18H23F3N2O5. The number of hydrogen-bond acceptors (Lipinski definition) is 6. The van der Waals surface area contributed by atoms with E-state index in [0.29, 0.717) is 18.0 Å². The van der Waals surface area contributed by atoms with Gasteiger partial charge in [-0.25, -0.2) is 4.79 Å². The fourth-order valence-corrected chi connectivity index (χ4v) is 2.49. The number of benzene rings is 1. The van der Waals surface area contributed by atoms with Crippen molar-refractivity contribution in [3.05, 3.63) is 18.2 Å². The quantitative estimate of drug-likeness (QED) is 0.723. The number of fused-ring (bicyclic) bond motifs is 1. The van der Waals surface area contributed by atoms with Crippen LogP contribution < -0.4 is 15.4 Å². The Morgan fingerprint density at radius 2 is 2.04 bits per heavy atom. The predicted octanol–water partition coefficient (Wildman–Crippen LogP) is 3.95. The molecule has 0 spiro atoms. The zero-order chi connectivity index (χ0) is 21.1. The van der Waals surface area contributed by atoms with Crippen LogP contribution in [0.15, 0.2) is 18.2 Å². The lowest BCUT2D eigenvalue weighted by Gasteiger charge is -2.31. The van der Waals surface area contributed by atoms with Crippen LogP contribution in [0.25, 0.3) is 0 Å². The third-order valence-corrected chi connectivity index (χ3v) is 4.38. The van der Waals surface area contributed by atoms with Crippen LogP contribution in [0, 0.1) is 5.92 Å². The van der Waals surface area contributed by atoms with Crippen molar-refractivity contribution < 1.29 is 37.0 Å². The van der Waals surface area contributed by atoms with Crippen molar-refractivity contribution in [3.8, 4) is 5.75 Å². The molecule has 28 heavy (non-hydrogen) atoms. The van der Waals surface area contributed by atoms with Gasteiger partial charge in [0, 0.05) is 11.6 Å². The maximum Gasteiger partial charge on any atom is 0.427 e. The molecule has 1 heterocycles. The number of alkyl halides is 3. The van der Waals surface area contributed by atoms with Gasteiger partial charge in [-0.15, -0.1) is 0 Å². The summed E-state index contributed by atoms with van der Waals surface area (Å²) in [7, 11) is 1.32. The summed E-state index contributed by atoms with van der Waals surface area (Å²) < 4.78 is 53.4. The van der Waals surface area contributed by atoms with E-state index in [1.165, 1.54) is 19.2 Å². The maximum atomic E-state index is 12.8. The normalized spacial score (nSPS) is 17.5. The Bertz CT molecular complexity index is 736. The van der Waals surface area contributed by atoms with Gasteiger partial charge in [0.25, 0.3) is 0 Å². The van der Waals surface area contributed by atoms with E-state index in [1.54, 1.807) is 6.07 Å². The molecule has 156 valence electrons. The van der Waals surface area contributed by atoms with Gasteiger partial charge >= 0.3 is 18.2 Å². The van der Waals surface area contributed by atoms with Crippen LogP contribution in [-0.4, -0.2) is 43.6 Å². The summed E-state index contributed by atoms with van der Waals surface area (Å²) in [6, 6.07) is 4.58. The highest BCUT2D eigenvalue weighted by molar-refractivity contribution is 5.86. The van der Waals surface area contributed by atoms with E-state index in [0.717, 1.165) is 13.8 Å². The average Bonchev–Trinajstić information content (AvgIpc) is 2.59. The fraction of sp³-hybridized carbons (Fsp3) is 0.556. The molecule has 10 heteroatoms. The third-order valence-electron chi connectivity index (χ3n) is 4.38. The minimum absolute atomic E-state index is 0.0921. The van der Waals surface area contributed by atoms with E-state index in [1.807, 2.05) is 6.92 Å². The highest BCUT2D eigenvalue weighted by Crippen LogP contribution is 2.35. The number of ether oxygens (including phenoxy) is 3. The number of hydrogen-bond donors (Lipinski definition) is 2. The van der Waals surface area contributed by atoms with Crippen molar-refractivity contribution in [1.82, 2.24) is 0 Å². The Morgan fingerprint density at radius 3 is 2.64 bits per heavy atom. The molecule has 0 aromatic heterocycles. The molecule has 0 aliphatic carbocycles. The molecule has 1 aromatic rings. The fourth-order valence-electron chi connectivity index (χ4n) is 2.49. The Hall–Kier alpha value is -2.65. The van der Waals surface area contributed by atoms with Crippen LogP contribution in [0.2, 0.25) is 0 Å². The SMILES string of the molecule is COC(=O)CC(C)[C@H]1CNc2cc(NC(=O)OC(C)(C)C(F)(F)F)ccc2O1. The van der Waals surface area contributed by atoms with E-state index in [4.69, 9.17) is 4.74 Å². The van der Waals surface area contributed by atoms with Gasteiger partial charge in [-0.05, 0) is 32.0 Å². The molecule has 1 amide bonds. The molecule has 0 fully saturated rings. The van der Waals surface area contributed by atoms with Crippen LogP contribution in [0.3, 0.4) is 0 Å². The molecule has 1 unspecified atom stereocenters. The molecule has 2 atom stereocenters. The Morgan fingerprint density at radius 1 is 1.36 bits per heavy atom. The van der Waals surface area contributed by atoms with Crippen molar-refractivity contribution in [2.24, 2.45) is 5.92 Å². The lowest BCUT2D eigenvalue weighted by Crippen LogP contribution is -2.44. The van der Waals surface area contributed by atoms with Crippen molar-refractivity contribution in [2.45, 2.75) is 45.1 Å². The zero-order valence-electron chi connectivity index (χ0n) is 16.0. The number of halogens is 3. The number of carbonyl (C=O) groups excluding carboxylic acids is 2. The van der Waals surface area contributed by atoms with Crippen molar-refractivity contribution >= 4 is 23.4 Å². The lowest BCUT2D eigenvalue weighted by atomic mass is 9.99. The standard InChI is InChI=1S/C18H23F3N2O5/c1-10(7-15(24)26-4)14-9-22-12-8-11(5-6-13(12)27-14)23-16(25)28-17(2,3)18(19,20)21/h5-6,8,10,14,22H,7,9H2,1-4H3,(H,23,25)/t10?,14-/m1/s1. The summed E-state index contributed by atoms with van der Waals surface area (Å²) in [5, 5.41) is 5.39. The summed E-state index contributed by atoms with van der Waals surface area (Å²) in [5.74, 6) is 0.0784. The Labute approximate surface area is 160 Å². The molecule has 0 radical (unpaired) electrons. The van der Waals surface area contributed by atoms with E-state index < -0.39 is 17.9 Å². The van der Waals surface area contributed by atoms with Crippen LogP contribution in [0.1, 0.15) is 27.2 Å². The monoisotopic (exact) mass is 404 g/mol. The molecule has 7 nitrogen and oxygen atoms in total. The maximum absolute atomic E-state index is 12.8. The van der Waals surface area contributed by atoms with Crippen molar-refractivity contribution in [3.63, 3.8) is 0 Å². The smallest absolute Gasteiger partial charge is 0.427 e. The zero-order valence-corrected chi connectivity index (χ0v) is 16.0. The van der Waals surface area contributed by atoms with Crippen LogP contribution in [-0.2, 0) is 14.3 Å². The molecule has 1 aliphatic heterocycles. The van der Waals surface area contributed by atoms with Gasteiger partial charge in [-0.2, -0.15) is 13.2 Å². The number of amides is 1. The van der Waals surface area contributed by atoms with E-state index in [9.17, 15) is 22.8 Å². The second-order valence-corrected chi connectivity index (χ2v) is 7.03. The van der Waals surface area contributed by atoms with E-state index >= 15 is 0 Å². The number of nitrogens with one attached hydrogen (secondary N) is 2. The topological polar surface area (TPSA) is 85.9 Å². The first-order chi connectivity index (χ1) is 12.9. The molecular weight excluding hydrogens is 381 g/mol. The Kier molecular flexibility index (Phi) is 6.30. The molecule has 0 saturated heterocycles. The summed E-state index contributed by atoms with van der Waals surface area (Å²) in [4.78, 5) is 23.2. The minimum Gasteiger partial charge on any atom is -0.486 e. The minimum atomic E-state index is -4.69. The molecule has 0 bridgehead atoms. The predicted molar refractivity (Wildman–Crippen MR) is 95.4 cm³/mol. The van der Waals surface area contributed by atoms with Gasteiger partial charge < -0.3 is 19.5 Å². The first kappa shape index (κ1) is 21.6. The number of carbonyl (C=O) groups is 2.